The summed E-state index contributed by atoms with van der Waals surface area (Å²) < 4.78 is 5.51. The van der Waals surface area contributed by atoms with Gasteiger partial charge in [0.05, 0.1) is 6.61 Å². The Bertz CT molecular complexity index is 400. The summed E-state index contributed by atoms with van der Waals surface area (Å²) in [5, 5.41) is 0.0620. The molecular weight excluding hydrogens is 247 g/mol. The summed E-state index contributed by atoms with van der Waals surface area (Å²) in [6.45, 7) is 2.64. The van der Waals surface area contributed by atoms with Crippen molar-refractivity contribution in [2.45, 2.75) is 13.3 Å². The summed E-state index contributed by atoms with van der Waals surface area (Å²) in [6.07, 6.45) is 3.78. The van der Waals surface area contributed by atoms with Crippen molar-refractivity contribution in [3.63, 3.8) is 0 Å². The fraction of sp³-hybridized carbons (Fsp3) is 0.250. The van der Waals surface area contributed by atoms with Crippen molar-refractivity contribution < 1.29 is 9.53 Å². The largest absolute Gasteiger partial charge is 0.493 e. The molecule has 0 aliphatic rings. The fourth-order valence-electron chi connectivity index (χ4n) is 1.15. The summed E-state index contributed by atoms with van der Waals surface area (Å²) in [6, 6.07) is 5.24. The van der Waals surface area contributed by atoms with Crippen molar-refractivity contribution in [2.24, 2.45) is 0 Å². The fourth-order valence-corrected chi connectivity index (χ4v) is 1.39. The number of carbonyl (C=O) groups excluding carboxylic acids is 1. The third kappa shape index (κ3) is 4.25. The van der Waals surface area contributed by atoms with Gasteiger partial charge in [0.2, 0.25) is 5.24 Å². The molecule has 0 atom stereocenters. The average Bonchev–Trinajstić information content (AvgIpc) is 2.25. The van der Waals surface area contributed by atoms with Gasteiger partial charge in [0, 0.05) is 10.6 Å². The van der Waals surface area contributed by atoms with Crippen LogP contribution in [0.2, 0.25) is 5.02 Å². The van der Waals surface area contributed by atoms with Crippen LogP contribution in [0.1, 0.15) is 18.9 Å². The van der Waals surface area contributed by atoms with Gasteiger partial charge >= 0.3 is 0 Å². The number of ether oxygens (including phenoxy) is 1. The molecule has 1 aromatic rings. The SMILES string of the molecule is CCCOc1ccc(Cl)cc1C=CC(=O)Cl. The van der Waals surface area contributed by atoms with Crippen LogP contribution in [0.15, 0.2) is 24.3 Å². The lowest BCUT2D eigenvalue weighted by Gasteiger charge is -2.08. The first-order valence-corrected chi connectivity index (χ1v) is 5.69. The van der Waals surface area contributed by atoms with E-state index in [4.69, 9.17) is 27.9 Å². The summed E-state index contributed by atoms with van der Waals surface area (Å²) in [5.74, 6) is 0.695. The minimum absolute atomic E-state index is 0.526. The predicted molar refractivity (Wildman–Crippen MR) is 67.1 cm³/mol. The Morgan fingerprint density at radius 2 is 2.25 bits per heavy atom. The summed E-state index contributed by atoms with van der Waals surface area (Å²) >= 11 is 11.1. The molecular formula is C12H12Cl2O2. The van der Waals surface area contributed by atoms with Crippen LogP contribution in [-0.4, -0.2) is 11.8 Å². The lowest BCUT2D eigenvalue weighted by molar-refractivity contribution is -0.107. The highest BCUT2D eigenvalue weighted by atomic mass is 35.5. The number of hydrogen-bond acceptors (Lipinski definition) is 2. The van der Waals surface area contributed by atoms with Gasteiger partial charge in [-0.15, -0.1) is 0 Å². The van der Waals surface area contributed by atoms with E-state index in [2.05, 4.69) is 0 Å². The second-order valence-electron chi connectivity index (χ2n) is 3.17. The van der Waals surface area contributed by atoms with Crippen LogP contribution in [-0.2, 0) is 4.79 Å². The average molecular weight is 259 g/mol. The number of hydrogen-bond donors (Lipinski definition) is 0. The number of benzene rings is 1. The smallest absolute Gasteiger partial charge is 0.245 e. The van der Waals surface area contributed by atoms with E-state index in [-0.39, 0.29) is 0 Å². The molecule has 0 spiro atoms. The molecule has 16 heavy (non-hydrogen) atoms. The minimum atomic E-state index is -0.526. The predicted octanol–water partition coefficient (Wildman–Crippen LogP) is 3.91. The zero-order valence-corrected chi connectivity index (χ0v) is 10.4. The Balaban J connectivity index is 2.93. The molecule has 2 nitrogen and oxygen atoms in total. The Labute approximate surface area is 105 Å². The topological polar surface area (TPSA) is 26.3 Å². The molecule has 4 heteroatoms. The van der Waals surface area contributed by atoms with Crippen molar-refractivity contribution in [1.82, 2.24) is 0 Å². The van der Waals surface area contributed by atoms with Gasteiger partial charge in [-0.2, -0.15) is 0 Å². The monoisotopic (exact) mass is 258 g/mol. The molecule has 0 saturated carbocycles. The molecule has 0 N–H and O–H groups in total. The van der Waals surface area contributed by atoms with Crippen LogP contribution >= 0.6 is 23.2 Å². The van der Waals surface area contributed by atoms with Gasteiger partial charge in [0.15, 0.2) is 0 Å². The second-order valence-corrected chi connectivity index (χ2v) is 3.98. The zero-order chi connectivity index (χ0) is 12.0. The molecule has 0 fully saturated rings. The third-order valence-electron chi connectivity index (χ3n) is 1.83. The van der Waals surface area contributed by atoms with E-state index in [1.54, 1.807) is 24.3 Å². The van der Waals surface area contributed by atoms with Crippen molar-refractivity contribution in [3.8, 4) is 5.75 Å². The molecule has 0 aliphatic carbocycles. The Morgan fingerprint density at radius 1 is 1.50 bits per heavy atom. The molecule has 86 valence electrons. The maximum Gasteiger partial charge on any atom is 0.245 e. The van der Waals surface area contributed by atoms with Crippen LogP contribution in [0.5, 0.6) is 5.75 Å². The first kappa shape index (κ1) is 13.1. The Hall–Kier alpha value is -0.990. The summed E-state index contributed by atoms with van der Waals surface area (Å²) in [5.41, 5.74) is 0.745. The van der Waals surface area contributed by atoms with E-state index in [1.165, 1.54) is 6.08 Å². The third-order valence-corrected chi connectivity index (χ3v) is 2.19. The van der Waals surface area contributed by atoms with Crippen LogP contribution in [0, 0.1) is 0 Å². The van der Waals surface area contributed by atoms with Crippen molar-refractivity contribution in [2.75, 3.05) is 6.61 Å². The maximum absolute atomic E-state index is 10.6. The Morgan fingerprint density at radius 3 is 2.88 bits per heavy atom. The second kappa shape index (κ2) is 6.56. The van der Waals surface area contributed by atoms with E-state index in [1.807, 2.05) is 6.92 Å². The van der Waals surface area contributed by atoms with Crippen molar-refractivity contribution in [3.05, 3.63) is 34.9 Å². The highest BCUT2D eigenvalue weighted by Crippen LogP contribution is 2.24. The number of allylic oxidation sites excluding steroid dienone is 1. The molecule has 0 unspecified atom stereocenters. The van der Waals surface area contributed by atoms with Gasteiger partial charge in [-0.3, -0.25) is 4.79 Å². The highest BCUT2D eigenvalue weighted by molar-refractivity contribution is 6.66. The van der Waals surface area contributed by atoms with Crippen LogP contribution in [0.25, 0.3) is 6.08 Å². The summed E-state index contributed by atoms with van der Waals surface area (Å²) in [7, 11) is 0. The van der Waals surface area contributed by atoms with E-state index in [9.17, 15) is 4.79 Å². The van der Waals surface area contributed by atoms with Crippen LogP contribution in [0.4, 0.5) is 0 Å². The maximum atomic E-state index is 10.6. The van der Waals surface area contributed by atoms with Gasteiger partial charge in [0.1, 0.15) is 5.75 Å². The molecule has 1 aromatic carbocycles. The number of carbonyl (C=O) groups is 1. The quantitative estimate of drug-likeness (QED) is 0.592. The van der Waals surface area contributed by atoms with Crippen LogP contribution in [0.3, 0.4) is 0 Å². The zero-order valence-electron chi connectivity index (χ0n) is 8.87. The van der Waals surface area contributed by atoms with Gasteiger partial charge < -0.3 is 4.74 Å². The first-order chi connectivity index (χ1) is 7.63. The van der Waals surface area contributed by atoms with E-state index in [0.717, 1.165) is 12.0 Å². The van der Waals surface area contributed by atoms with Gasteiger partial charge in [-0.25, -0.2) is 0 Å². The lowest BCUT2D eigenvalue weighted by atomic mass is 10.2. The molecule has 0 amide bonds. The Kier molecular flexibility index (Phi) is 5.36. The van der Waals surface area contributed by atoms with Gasteiger partial charge in [0.25, 0.3) is 0 Å². The summed E-state index contributed by atoms with van der Waals surface area (Å²) in [4.78, 5) is 10.6. The van der Waals surface area contributed by atoms with E-state index >= 15 is 0 Å². The lowest BCUT2D eigenvalue weighted by Crippen LogP contribution is -1.96. The molecule has 0 saturated heterocycles. The molecule has 0 bridgehead atoms. The minimum Gasteiger partial charge on any atom is -0.493 e. The van der Waals surface area contributed by atoms with Crippen LogP contribution < -0.4 is 4.74 Å². The molecule has 0 aromatic heterocycles. The van der Waals surface area contributed by atoms with Crippen molar-refractivity contribution in [1.29, 1.82) is 0 Å². The van der Waals surface area contributed by atoms with Gasteiger partial charge in [-0.05, 0) is 48.4 Å². The number of halogens is 2. The van der Waals surface area contributed by atoms with E-state index < -0.39 is 5.24 Å². The van der Waals surface area contributed by atoms with Crippen molar-refractivity contribution >= 4 is 34.5 Å². The standard InChI is InChI=1S/C12H12Cl2O2/c1-2-7-16-11-5-4-10(13)8-9(11)3-6-12(14)15/h3-6,8H,2,7H2,1H3. The van der Waals surface area contributed by atoms with Gasteiger partial charge in [-0.1, -0.05) is 18.5 Å². The highest BCUT2D eigenvalue weighted by Gasteiger charge is 2.02. The molecule has 0 radical (unpaired) electrons. The first-order valence-electron chi connectivity index (χ1n) is 4.93. The normalized spacial score (nSPS) is 10.7. The molecule has 1 rings (SSSR count). The number of rotatable bonds is 5. The molecule has 0 heterocycles. The van der Waals surface area contributed by atoms with E-state index in [0.29, 0.717) is 17.4 Å². The molecule has 0 aliphatic heterocycles.